The largest absolute Gasteiger partial charge is 0.342 e. The van der Waals surface area contributed by atoms with Gasteiger partial charge in [-0.15, -0.1) is 0 Å². The van der Waals surface area contributed by atoms with E-state index in [2.05, 4.69) is 5.32 Å². The molecule has 104 valence electrons. The van der Waals surface area contributed by atoms with Gasteiger partial charge in [0.1, 0.15) is 5.82 Å². The minimum atomic E-state index is -0.299. The van der Waals surface area contributed by atoms with Crippen LogP contribution in [0.2, 0.25) is 0 Å². The standard InChI is InChI=1S/C15H21FN2O/c1-18(13-6-4-9-17-10-8-13)15(19)11-12-5-2-3-7-14(12)16/h2-3,5,7,13,17H,4,6,8-11H2,1H3/t13-/m1/s1. The maximum Gasteiger partial charge on any atom is 0.227 e. The van der Waals surface area contributed by atoms with Crippen LogP contribution in [0.1, 0.15) is 24.8 Å². The van der Waals surface area contributed by atoms with E-state index in [4.69, 9.17) is 0 Å². The minimum absolute atomic E-state index is 0.00278. The van der Waals surface area contributed by atoms with E-state index >= 15 is 0 Å². The van der Waals surface area contributed by atoms with Crippen molar-refractivity contribution in [3.8, 4) is 0 Å². The van der Waals surface area contributed by atoms with E-state index in [1.807, 2.05) is 7.05 Å². The van der Waals surface area contributed by atoms with Gasteiger partial charge in [-0.05, 0) is 44.0 Å². The second kappa shape index (κ2) is 6.66. The highest BCUT2D eigenvalue weighted by molar-refractivity contribution is 5.78. The third kappa shape index (κ3) is 3.77. The van der Waals surface area contributed by atoms with Crippen LogP contribution in [0, 0.1) is 5.82 Å². The predicted octanol–water partition coefficient (Wildman–Crippen LogP) is 1.97. The first-order valence-corrected chi connectivity index (χ1v) is 6.88. The van der Waals surface area contributed by atoms with Crippen LogP contribution in [-0.2, 0) is 11.2 Å². The molecule has 1 aliphatic rings. The summed E-state index contributed by atoms with van der Waals surface area (Å²) in [4.78, 5) is 14.0. The smallest absolute Gasteiger partial charge is 0.227 e. The molecule has 0 aromatic heterocycles. The van der Waals surface area contributed by atoms with Gasteiger partial charge in [0.05, 0.1) is 6.42 Å². The molecule has 1 atom stereocenters. The van der Waals surface area contributed by atoms with E-state index in [9.17, 15) is 9.18 Å². The highest BCUT2D eigenvalue weighted by atomic mass is 19.1. The van der Waals surface area contributed by atoms with Crippen molar-refractivity contribution in [2.75, 3.05) is 20.1 Å². The molecule has 0 spiro atoms. The maximum atomic E-state index is 13.5. The number of nitrogens with one attached hydrogen (secondary N) is 1. The summed E-state index contributed by atoms with van der Waals surface area (Å²) in [5.74, 6) is -0.302. The second-order valence-electron chi connectivity index (χ2n) is 5.11. The summed E-state index contributed by atoms with van der Waals surface area (Å²) < 4.78 is 13.5. The van der Waals surface area contributed by atoms with E-state index < -0.39 is 0 Å². The van der Waals surface area contributed by atoms with Crippen molar-refractivity contribution < 1.29 is 9.18 Å². The van der Waals surface area contributed by atoms with Gasteiger partial charge in [0.25, 0.3) is 0 Å². The molecule has 1 saturated heterocycles. The number of halogens is 1. The number of hydrogen-bond acceptors (Lipinski definition) is 2. The molecule has 0 saturated carbocycles. The predicted molar refractivity (Wildman–Crippen MR) is 73.4 cm³/mol. The molecule has 1 aromatic rings. The first kappa shape index (κ1) is 14.0. The number of rotatable bonds is 3. The van der Waals surface area contributed by atoms with Crippen molar-refractivity contribution in [1.82, 2.24) is 10.2 Å². The van der Waals surface area contributed by atoms with Gasteiger partial charge < -0.3 is 10.2 Å². The number of nitrogens with zero attached hydrogens (tertiary/aromatic N) is 1. The van der Waals surface area contributed by atoms with E-state index in [1.54, 1.807) is 23.1 Å². The highest BCUT2D eigenvalue weighted by Crippen LogP contribution is 2.14. The van der Waals surface area contributed by atoms with Crippen LogP contribution >= 0.6 is 0 Å². The van der Waals surface area contributed by atoms with Gasteiger partial charge in [-0.2, -0.15) is 0 Å². The number of benzene rings is 1. The van der Waals surface area contributed by atoms with Gasteiger partial charge in [0.2, 0.25) is 5.91 Å². The second-order valence-corrected chi connectivity index (χ2v) is 5.11. The Morgan fingerprint density at radius 1 is 1.37 bits per heavy atom. The first-order valence-electron chi connectivity index (χ1n) is 6.88. The Labute approximate surface area is 113 Å². The van der Waals surface area contributed by atoms with Gasteiger partial charge in [-0.3, -0.25) is 4.79 Å². The molecule has 0 aliphatic carbocycles. The SMILES string of the molecule is CN(C(=O)Cc1ccccc1F)[C@@H]1CCCNCC1. The monoisotopic (exact) mass is 264 g/mol. The van der Waals surface area contributed by atoms with Gasteiger partial charge in [-0.25, -0.2) is 4.39 Å². The van der Waals surface area contributed by atoms with Gasteiger partial charge in [-0.1, -0.05) is 18.2 Å². The van der Waals surface area contributed by atoms with Gasteiger partial charge in [0, 0.05) is 13.1 Å². The summed E-state index contributed by atoms with van der Waals surface area (Å²) >= 11 is 0. The van der Waals surface area contributed by atoms with E-state index in [0.717, 1.165) is 32.4 Å². The maximum absolute atomic E-state index is 13.5. The lowest BCUT2D eigenvalue weighted by molar-refractivity contribution is -0.131. The molecule has 1 heterocycles. The molecular weight excluding hydrogens is 243 g/mol. The Morgan fingerprint density at radius 3 is 2.95 bits per heavy atom. The normalized spacial score (nSPS) is 19.8. The van der Waals surface area contributed by atoms with Crippen LogP contribution in [0.25, 0.3) is 0 Å². The fourth-order valence-corrected chi connectivity index (χ4v) is 2.52. The zero-order valence-corrected chi connectivity index (χ0v) is 11.4. The topological polar surface area (TPSA) is 32.3 Å². The number of carbonyl (C=O) groups is 1. The minimum Gasteiger partial charge on any atom is -0.342 e. The van der Waals surface area contributed by atoms with Crippen molar-refractivity contribution >= 4 is 5.91 Å². The number of amides is 1. The van der Waals surface area contributed by atoms with Crippen molar-refractivity contribution in [2.24, 2.45) is 0 Å². The summed E-state index contributed by atoms with van der Waals surface area (Å²) in [5, 5.41) is 3.33. The Balaban J connectivity index is 1.97. The van der Waals surface area contributed by atoms with Crippen molar-refractivity contribution in [3.63, 3.8) is 0 Å². The molecular formula is C15H21FN2O. The molecule has 0 unspecified atom stereocenters. The van der Waals surface area contributed by atoms with Crippen LogP contribution in [-0.4, -0.2) is 37.0 Å². The van der Waals surface area contributed by atoms with Crippen LogP contribution in [0.5, 0.6) is 0 Å². The number of hydrogen-bond donors (Lipinski definition) is 1. The third-order valence-electron chi connectivity index (χ3n) is 3.79. The van der Waals surface area contributed by atoms with E-state index in [0.29, 0.717) is 5.56 Å². The molecule has 19 heavy (non-hydrogen) atoms. The molecule has 0 bridgehead atoms. The summed E-state index contributed by atoms with van der Waals surface area (Å²) in [6, 6.07) is 6.76. The summed E-state index contributed by atoms with van der Waals surface area (Å²) in [6.07, 6.45) is 3.22. The number of likely N-dealkylation sites (N-methyl/N-ethyl adjacent to an activating group) is 1. The average molecular weight is 264 g/mol. The van der Waals surface area contributed by atoms with E-state index in [-0.39, 0.29) is 24.2 Å². The van der Waals surface area contributed by atoms with Crippen LogP contribution in [0.4, 0.5) is 4.39 Å². The molecule has 4 heteroatoms. The van der Waals surface area contributed by atoms with Crippen molar-refractivity contribution in [3.05, 3.63) is 35.6 Å². The fourth-order valence-electron chi connectivity index (χ4n) is 2.52. The lowest BCUT2D eigenvalue weighted by Crippen LogP contribution is -2.38. The first-order chi connectivity index (χ1) is 9.18. The van der Waals surface area contributed by atoms with Crippen molar-refractivity contribution in [1.29, 1.82) is 0 Å². The molecule has 1 fully saturated rings. The Kier molecular flexibility index (Phi) is 4.91. The molecule has 1 aliphatic heterocycles. The van der Waals surface area contributed by atoms with Crippen LogP contribution in [0.3, 0.4) is 0 Å². The lowest BCUT2D eigenvalue weighted by Gasteiger charge is -2.27. The highest BCUT2D eigenvalue weighted by Gasteiger charge is 2.21. The summed E-state index contributed by atoms with van der Waals surface area (Å²) in [7, 11) is 1.83. The Morgan fingerprint density at radius 2 is 2.16 bits per heavy atom. The molecule has 0 radical (unpaired) electrons. The third-order valence-corrected chi connectivity index (χ3v) is 3.79. The Hall–Kier alpha value is -1.42. The quantitative estimate of drug-likeness (QED) is 0.905. The average Bonchev–Trinajstić information content (AvgIpc) is 2.69. The van der Waals surface area contributed by atoms with Gasteiger partial charge in [0.15, 0.2) is 0 Å². The zero-order chi connectivity index (χ0) is 13.7. The molecule has 1 amide bonds. The van der Waals surface area contributed by atoms with Crippen molar-refractivity contribution in [2.45, 2.75) is 31.7 Å². The fraction of sp³-hybridized carbons (Fsp3) is 0.533. The number of carbonyl (C=O) groups excluding carboxylic acids is 1. The van der Waals surface area contributed by atoms with E-state index in [1.165, 1.54) is 6.07 Å². The Bertz CT molecular complexity index is 428. The van der Waals surface area contributed by atoms with Crippen LogP contribution < -0.4 is 5.32 Å². The molecule has 2 rings (SSSR count). The zero-order valence-electron chi connectivity index (χ0n) is 11.4. The lowest BCUT2D eigenvalue weighted by atomic mass is 10.1. The summed E-state index contributed by atoms with van der Waals surface area (Å²) in [5.41, 5.74) is 0.478. The molecule has 1 aromatic carbocycles. The van der Waals surface area contributed by atoms with Crippen LogP contribution in [0.15, 0.2) is 24.3 Å². The van der Waals surface area contributed by atoms with Gasteiger partial charge >= 0.3 is 0 Å². The molecule has 3 nitrogen and oxygen atoms in total. The molecule has 1 N–H and O–H groups in total. The summed E-state index contributed by atoms with van der Waals surface area (Å²) in [6.45, 7) is 1.97.